The molecule has 1 saturated carbocycles. The van der Waals surface area contributed by atoms with E-state index in [1.165, 1.54) is 12.8 Å². The van der Waals surface area contributed by atoms with Gasteiger partial charge in [-0.3, -0.25) is 4.98 Å². The summed E-state index contributed by atoms with van der Waals surface area (Å²) < 4.78 is 5.70. The maximum absolute atomic E-state index is 6.08. The summed E-state index contributed by atoms with van der Waals surface area (Å²) in [7, 11) is 0. The zero-order valence-electron chi connectivity index (χ0n) is 11.5. The van der Waals surface area contributed by atoms with Crippen LogP contribution in [-0.4, -0.2) is 11.0 Å². The molecule has 1 aliphatic carbocycles. The molecule has 0 bridgehead atoms. The molecule has 110 valence electrons. The second-order valence-corrected chi connectivity index (χ2v) is 5.98. The van der Waals surface area contributed by atoms with Crippen molar-refractivity contribution in [3.63, 3.8) is 0 Å². The number of aromatic nitrogens is 1. The summed E-state index contributed by atoms with van der Waals surface area (Å²) in [5.41, 5.74) is 1.92. The van der Waals surface area contributed by atoms with Gasteiger partial charge in [-0.25, -0.2) is 0 Å². The number of hydrogen-bond donors (Lipinski definition) is 1. The molecular formula is C16H16Cl2N2O. The van der Waals surface area contributed by atoms with E-state index < -0.39 is 0 Å². The van der Waals surface area contributed by atoms with Gasteiger partial charge < -0.3 is 10.1 Å². The number of nitrogens with zero attached hydrogens (tertiary/aromatic N) is 1. The molecule has 21 heavy (non-hydrogen) atoms. The lowest BCUT2D eigenvalue weighted by atomic mass is 10.3. The molecule has 1 aromatic heterocycles. The van der Waals surface area contributed by atoms with E-state index in [1.54, 1.807) is 18.2 Å². The van der Waals surface area contributed by atoms with Gasteiger partial charge in [0.1, 0.15) is 12.4 Å². The summed E-state index contributed by atoms with van der Waals surface area (Å²) >= 11 is 11.9. The summed E-state index contributed by atoms with van der Waals surface area (Å²) in [5.74, 6) is 0.615. The molecule has 3 nitrogen and oxygen atoms in total. The Bertz CT molecular complexity index is 629. The first-order valence-corrected chi connectivity index (χ1v) is 7.72. The molecule has 3 rings (SSSR count). The number of rotatable bonds is 6. The van der Waals surface area contributed by atoms with Crippen molar-refractivity contribution in [1.82, 2.24) is 10.3 Å². The van der Waals surface area contributed by atoms with Crippen LogP contribution in [0.1, 0.15) is 24.2 Å². The van der Waals surface area contributed by atoms with E-state index in [2.05, 4.69) is 10.3 Å². The lowest BCUT2D eigenvalue weighted by Crippen LogP contribution is -2.16. The second-order valence-electron chi connectivity index (χ2n) is 5.14. The minimum Gasteiger partial charge on any atom is -0.486 e. The number of benzene rings is 1. The van der Waals surface area contributed by atoms with E-state index in [0.717, 1.165) is 17.9 Å². The fourth-order valence-electron chi connectivity index (χ4n) is 1.99. The normalized spacial score (nSPS) is 14.2. The second kappa shape index (κ2) is 6.65. The lowest BCUT2D eigenvalue weighted by molar-refractivity contribution is 0.301. The summed E-state index contributed by atoms with van der Waals surface area (Å²) in [4.78, 5) is 4.58. The maximum atomic E-state index is 6.08. The average Bonchev–Trinajstić information content (AvgIpc) is 3.29. The van der Waals surface area contributed by atoms with Gasteiger partial charge in [-0.2, -0.15) is 0 Å². The van der Waals surface area contributed by atoms with Crippen molar-refractivity contribution >= 4 is 23.2 Å². The Morgan fingerprint density at radius 1 is 1.14 bits per heavy atom. The number of ether oxygens (including phenoxy) is 1. The summed E-state index contributed by atoms with van der Waals surface area (Å²) in [6.07, 6.45) is 2.55. The van der Waals surface area contributed by atoms with Crippen LogP contribution in [0.4, 0.5) is 0 Å². The number of nitrogens with one attached hydrogen (secondary N) is 1. The molecule has 1 aromatic carbocycles. The highest BCUT2D eigenvalue weighted by Crippen LogP contribution is 2.28. The third-order valence-electron chi connectivity index (χ3n) is 3.28. The van der Waals surface area contributed by atoms with Crippen molar-refractivity contribution in [2.75, 3.05) is 0 Å². The van der Waals surface area contributed by atoms with E-state index in [0.29, 0.717) is 28.4 Å². The van der Waals surface area contributed by atoms with E-state index in [4.69, 9.17) is 27.9 Å². The van der Waals surface area contributed by atoms with Crippen LogP contribution in [0.25, 0.3) is 0 Å². The molecule has 1 N–H and O–H groups in total. The van der Waals surface area contributed by atoms with Crippen LogP contribution in [0.15, 0.2) is 36.4 Å². The molecule has 0 atom stereocenters. The van der Waals surface area contributed by atoms with E-state index in [9.17, 15) is 0 Å². The first-order valence-electron chi connectivity index (χ1n) is 6.97. The smallest absolute Gasteiger partial charge is 0.138 e. The monoisotopic (exact) mass is 322 g/mol. The quantitative estimate of drug-likeness (QED) is 0.864. The van der Waals surface area contributed by atoms with Gasteiger partial charge in [0, 0.05) is 17.6 Å². The molecule has 0 spiro atoms. The highest BCUT2D eigenvalue weighted by atomic mass is 35.5. The van der Waals surface area contributed by atoms with Crippen LogP contribution in [0.5, 0.6) is 5.75 Å². The van der Waals surface area contributed by atoms with Gasteiger partial charge in [0.25, 0.3) is 0 Å². The molecule has 0 amide bonds. The van der Waals surface area contributed by atoms with Gasteiger partial charge >= 0.3 is 0 Å². The molecule has 5 heteroatoms. The standard InChI is InChI=1S/C16H16Cl2N2O/c17-11-4-7-16(15(18)8-11)21-10-14-3-1-2-13(20-14)9-19-12-5-6-12/h1-4,7-8,12,19H,5-6,9-10H2. The minimum atomic E-state index is 0.388. The molecular weight excluding hydrogens is 307 g/mol. The number of halogens is 2. The van der Waals surface area contributed by atoms with Crippen molar-refractivity contribution in [3.05, 3.63) is 57.8 Å². The van der Waals surface area contributed by atoms with E-state index in [-0.39, 0.29) is 0 Å². The van der Waals surface area contributed by atoms with Crippen molar-refractivity contribution in [3.8, 4) is 5.75 Å². The zero-order chi connectivity index (χ0) is 14.7. The Morgan fingerprint density at radius 3 is 2.71 bits per heavy atom. The fraction of sp³-hybridized carbons (Fsp3) is 0.312. The molecule has 0 aliphatic heterocycles. The predicted molar refractivity (Wildman–Crippen MR) is 84.9 cm³/mol. The Hall–Kier alpha value is -1.29. The Balaban J connectivity index is 1.60. The molecule has 0 radical (unpaired) electrons. The Morgan fingerprint density at radius 2 is 1.95 bits per heavy atom. The lowest BCUT2D eigenvalue weighted by Gasteiger charge is -2.09. The van der Waals surface area contributed by atoms with Crippen LogP contribution >= 0.6 is 23.2 Å². The van der Waals surface area contributed by atoms with Gasteiger partial charge in [-0.1, -0.05) is 29.3 Å². The van der Waals surface area contributed by atoms with Crippen LogP contribution in [0.3, 0.4) is 0 Å². The zero-order valence-corrected chi connectivity index (χ0v) is 13.0. The summed E-state index contributed by atoms with van der Waals surface area (Å²) in [6.45, 7) is 1.19. The minimum absolute atomic E-state index is 0.388. The number of hydrogen-bond acceptors (Lipinski definition) is 3. The molecule has 1 heterocycles. The van der Waals surface area contributed by atoms with Gasteiger partial charge in [-0.15, -0.1) is 0 Å². The van der Waals surface area contributed by atoms with Crippen LogP contribution in [0.2, 0.25) is 10.0 Å². The van der Waals surface area contributed by atoms with Crippen LogP contribution in [0, 0.1) is 0 Å². The highest BCUT2D eigenvalue weighted by Gasteiger charge is 2.20. The van der Waals surface area contributed by atoms with Crippen molar-refractivity contribution in [1.29, 1.82) is 0 Å². The molecule has 1 aliphatic rings. The third-order valence-corrected chi connectivity index (χ3v) is 3.81. The maximum Gasteiger partial charge on any atom is 0.138 e. The van der Waals surface area contributed by atoms with Gasteiger partial charge in [0.05, 0.1) is 16.4 Å². The van der Waals surface area contributed by atoms with Gasteiger partial charge in [0.15, 0.2) is 0 Å². The van der Waals surface area contributed by atoms with Gasteiger partial charge in [-0.05, 0) is 43.2 Å². The topological polar surface area (TPSA) is 34.1 Å². The summed E-state index contributed by atoms with van der Waals surface area (Å²) in [6, 6.07) is 11.8. The van der Waals surface area contributed by atoms with E-state index in [1.807, 2.05) is 18.2 Å². The Kier molecular flexibility index (Phi) is 4.63. The summed E-state index contributed by atoms with van der Waals surface area (Å²) in [5, 5.41) is 4.55. The molecule has 0 saturated heterocycles. The number of pyridine rings is 1. The van der Waals surface area contributed by atoms with Crippen molar-refractivity contribution < 1.29 is 4.74 Å². The molecule has 1 fully saturated rings. The predicted octanol–water partition coefficient (Wildman–Crippen LogP) is 4.22. The third kappa shape index (κ3) is 4.34. The highest BCUT2D eigenvalue weighted by molar-refractivity contribution is 6.35. The van der Waals surface area contributed by atoms with Gasteiger partial charge in [0.2, 0.25) is 0 Å². The molecule has 2 aromatic rings. The first kappa shape index (κ1) is 14.6. The Labute approximate surface area is 134 Å². The van der Waals surface area contributed by atoms with Crippen LogP contribution in [-0.2, 0) is 13.2 Å². The average molecular weight is 323 g/mol. The van der Waals surface area contributed by atoms with E-state index >= 15 is 0 Å². The van der Waals surface area contributed by atoms with Crippen LogP contribution < -0.4 is 10.1 Å². The fourth-order valence-corrected chi connectivity index (χ4v) is 2.45. The van der Waals surface area contributed by atoms with Crippen molar-refractivity contribution in [2.24, 2.45) is 0 Å². The largest absolute Gasteiger partial charge is 0.486 e. The first-order chi connectivity index (χ1) is 10.2. The molecule has 0 unspecified atom stereocenters. The SMILES string of the molecule is Clc1ccc(OCc2cccc(CNC3CC3)n2)c(Cl)c1. The van der Waals surface area contributed by atoms with Crippen molar-refractivity contribution in [2.45, 2.75) is 32.0 Å².